The van der Waals surface area contributed by atoms with Crippen LogP contribution in [0.25, 0.3) is 0 Å². The molecule has 0 aromatic heterocycles. The molecule has 86 valence electrons. The molecule has 1 aromatic rings. The highest BCUT2D eigenvalue weighted by atomic mass is 15.2. The summed E-state index contributed by atoms with van der Waals surface area (Å²) in [6.07, 6.45) is 1.99. The van der Waals surface area contributed by atoms with Crippen molar-refractivity contribution in [3.05, 3.63) is 48.6 Å². The number of piperazine rings is 1. The first-order valence-electron chi connectivity index (χ1n) is 5.94. The van der Waals surface area contributed by atoms with Crippen molar-refractivity contribution in [1.29, 1.82) is 0 Å². The Kier molecular flexibility index (Phi) is 3.75. The van der Waals surface area contributed by atoms with Crippen molar-refractivity contribution in [3.63, 3.8) is 0 Å². The fourth-order valence-electron chi connectivity index (χ4n) is 2.36. The van der Waals surface area contributed by atoms with Gasteiger partial charge in [-0.3, -0.25) is 4.90 Å². The molecule has 2 atom stereocenters. The molecule has 0 amide bonds. The minimum absolute atomic E-state index is 0.482. The van der Waals surface area contributed by atoms with E-state index in [-0.39, 0.29) is 0 Å². The molecule has 1 aromatic carbocycles. The van der Waals surface area contributed by atoms with Gasteiger partial charge in [0, 0.05) is 31.7 Å². The maximum Gasteiger partial charge on any atom is 0.0476 e. The molecule has 1 saturated heterocycles. The summed E-state index contributed by atoms with van der Waals surface area (Å²) in [5.41, 5.74) is 1.39. The van der Waals surface area contributed by atoms with Crippen molar-refractivity contribution >= 4 is 0 Å². The van der Waals surface area contributed by atoms with Gasteiger partial charge in [-0.2, -0.15) is 0 Å². The predicted octanol–water partition coefficient (Wildman–Crippen LogP) is 2.21. The van der Waals surface area contributed by atoms with Gasteiger partial charge in [-0.05, 0) is 12.5 Å². The lowest BCUT2D eigenvalue weighted by molar-refractivity contribution is 0.151. The van der Waals surface area contributed by atoms with Crippen molar-refractivity contribution in [1.82, 2.24) is 10.2 Å². The second-order valence-corrected chi connectivity index (χ2v) is 4.48. The molecule has 2 unspecified atom stereocenters. The van der Waals surface area contributed by atoms with Gasteiger partial charge in [-0.15, -0.1) is 6.58 Å². The third-order valence-electron chi connectivity index (χ3n) is 3.16. The average molecular weight is 216 g/mol. The summed E-state index contributed by atoms with van der Waals surface area (Å²) in [4.78, 5) is 2.49. The van der Waals surface area contributed by atoms with Gasteiger partial charge in [0.05, 0.1) is 0 Å². The van der Waals surface area contributed by atoms with Gasteiger partial charge < -0.3 is 5.32 Å². The quantitative estimate of drug-likeness (QED) is 0.779. The molecule has 0 bridgehead atoms. The highest BCUT2D eigenvalue weighted by Gasteiger charge is 2.25. The van der Waals surface area contributed by atoms with Crippen LogP contribution < -0.4 is 5.32 Å². The van der Waals surface area contributed by atoms with E-state index in [1.165, 1.54) is 5.56 Å². The molecule has 1 aliphatic rings. The highest BCUT2D eigenvalue weighted by Crippen LogP contribution is 2.22. The van der Waals surface area contributed by atoms with Crippen molar-refractivity contribution in [3.8, 4) is 0 Å². The summed E-state index contributed by atoms with van der Waals surface area (Å²) in [6.45, 7) is 9.16. The molecule has 0 aliphatic carbocycles. The first-order chi connectivity index (χ1) is 7.81. The van der Waals surface area contributed by atoms with E-state index in [0.717, 1.165) is 19.6 Å². The second-order valence-electron chi connectivity index (χ2n) is 4.48. The second kappa shape index (κ2) is 5.28. The first kappa shape index (κ1) is 11.4. The Morgan fingerprint density at radius 3 is 2.88 bits per heavy atom. The number of nitrogens with one attached hydrogen (secondary N) is 1. The SMILES string of the molecule is C=CCN1CC(C)NCC1c1ccccc1. The van der Waals surface area contributed by atoms with E-state index in [1.54, 1.807) is 0 Å². The third kappa shape index (κ3) is 2.52. The molecule has 1 aliphatic heterocycles. The predicted molar refractivity (Wildman–Crippen MR) is 68.4 cm³/mol. The summed E-state index contributed by atoms with van der Waals surface area (Å²) in [5, 5.41) is 3.54. The number of hydrogen-bond acceptors (Lipinski definition) is 2. The summed E-state index contributed by atoms with van der Waals surface area (Å²) in [6, 6.07) is 11.8. The normalized spacial score (nSPS) is 26.6. The number of rotatable bonds is 3. The maximum atomic E-state index is 3.85. The van der Waals surface area contributed by atoms with Crippen molar-refractivity contribution in [2.24, 2.45) is 0 Å². The number of nitrogens with zero attached hydrogens (tertiary/aromatic N) is 1. The summed E-state index contributed by atoms with van der Waals surface area (Å²) < 4.78 is 0. The van der Waals surface area contributed by atoms with Crippen LogP contribution in [0.3, 0.4) is 0 Å². The summed E-state index contributed by atoms with van der Waals surface area (Å²) >= 11 is 0. The van der Waals surface area contributed by atoms with Crippen LogP contribution in [-0.4, -0.2) is 30.6 Å². The van der Waals surface area contributed by atoms with Crippen molar-refractivity contribution in [2.45, 2.75) is 19.0 Å². The average Bonchev–Trinajstić information content (AvgIpc) is 2.31. The lowest BCUT2D eigenvalue weighted by Crippen LogP contribution is -2.50. The van der Waals surface area contributed by atoms with Crippen LogP contribution in [-0.2, 0) is 0 Å². The Balaban J connectivity index is 2.15. The minimum Gasteiger partial charge on any atom is -0.311 e. The monoisotopic (exact) mass is 216 g/mol. The van der Waals surface area contributed by atoms with Crippen molar-refractivity contribution < 1.29 is 0 Å². The zero-order chi connectivity index (χ0) is 11.4. The van der Waals surface area contributed by atoms with E-state index in [0.29, 0.717) is 12.1 Å². The van der Waals surface area contributed by atoms with Crippen LogP contribution in [0.1, 0.15) is 18.5 Å². The number of benzene rings is 1. The summed E-state index contributed by atoms with van der Waals surface area (Å²) in [7, 11) is 0. The first-order valence-corrected chi connectivity index (χ1v) is 5.94. The van der Waals surface area contributed by atoms with E-state index in [1.807, 2.05) is 6.08 Å². The largest absolute Gasteiger partial charge is 0.311 e. The van der Waals surface area contributed by atoms with Crippen LogP contribution >= 0.6 is 0 Å². The van der Waals surface area contributed by atoms with E-state index in [2.05, 4.69) is 54.1 Å². The van der Waals surface area contributed by atoms with Gasteiger partial charge in [0.25, 0.3) is 0 Å². The van der Waals surface area contributed by atoms with Crippen LogP contribution in [0.4, 0.5) is 0 Å². The van der Waals surface area contributed by atoms with Gasteiger partial charge >= 0.3 is 0 Å². The van der Waals surface area contributed by atoms with Crippen LogP contribution in [0.15, 0.2) is 43.0 Å². The zero-order valence-corrected chi connectivity index (χ0v) is 9.89. The zero-order valence-electron chi connectivity index (χ0n) is 9.89. The Morgan fingerprint density at radius 2 is 2.19 bits per heavy atom. The Morgan fingerprint density at radius 1 is 1.44 bits per heavy atom. The molecule has 0 spiro atoms. The van der Waals surface area contributed by atoms with Gasteiger partial charge in [0.1, 0.15) is 0 Å². The smallest absolute Gasteiger partial charge is 0.0476 e. The van der Waals surface area contributed by atoms with Gasteiger partial charge in [0.15, 0.2) is 0 Å². The molecular formula is C14H20N2. The van der Waals surface area contributed by atoms with Gasteiger partial charge in [-0.1, -0.05) is 36.4 Å². The molecule has 1 heterocycles. The molecular weight excluding hydrogens is 196 g/mol. The van der Waals surface area contributed by atoms with E-state index < -0.39 is 0 Å². The standard InChI is InChI=1S/C14H20N2/c1-3-9-16-11-12(2)15-10-14(16)13-7-5-4-6-8-13/h3-8,12,14-15H,1,9-11H2,2H3. The topological polar surface area (TPSA) is 15.3 Å². The van der Waals surface area contributed by atoms with Crippen LogP contribution in [0.2, 0.25) is 0 Å². The fourth-order valence-corrected chi connectivity index (χ4v) is 2.36. The maximum absolute atomic E-state index is 3.85. The molecule has 1 fully saturated rings. The van der Waals surface area contributed by atoms with Crippen LogP contribution in [0, 0.1) is 0 Å². The minimum atomic E-state index is 0.482. The Labute approximate surface area is 98.0 Å². The van der Waals surface area contributed by atoms with E-state index >= 15 is 0 Å². The highest BCUT2D eigenvalue weighted by molar-refractivity contribution is 5.20. The fraction of sp³-hybridized carbons (Fsp3) is 0.429. The number of hydrogen-bond donors (Lipinski definition) is 1. The third-order valence-corrected chi connectivity index (χ3v) is 3.16. The van der Waals surface area contributed by atoms with E-state index in [9.17, 15) is 0 Å². The molecule has 0 radical (unpaired) electrons. The van der Waals surface area contributed by atoms with E-state index in [4.69, 9.17) is 0 Å². The molecule has 2 nitrogen and oxygen atoms in total. The Bertz CT molecular complexity index is 334. The molecule has 16 heavy (non-hydrogen) atoms. The van der Waals surface area contributed by atoms with Crippen LogP contribution in [0.5, 0.6) is 0 Å². The molecule has 2 rings (SSSR count). The van der Waals surface area contributed by atoms with Crippen molar-refractivity contribution in [2.75, 3.05) is 19.6 Å². The lowest BCUT2D eigenvalue weighted by atomic mass is 10.0. The summed E-state index contributed by atoms with van der Waals surface area (Å²) in [5.74, 6) is 0. The Hall–Kier alpha value is -1.12. The van der Waals surface area contributed by atoms with Gasteiger partial charge in [-0.25, -0.2) is 0 Å². The molecule has 1 N–H and O–H groups in total. The molecule has 2 heteroatoms. The lowest BCUT2D eigenvalue weighted by Gasteiger charge is -2.39. The van der Waals surface area contributed by atoms with Gasteiger partial charge in [0.2, 0.25) is 0 Å². The molecule has 0 saturated carbocycles.